The van der Waals surface area contributed by atoms with Crippen LogP contribution in [0, 0.1) is 0 Å². The van der Waals surface area contributed by atoms with Crippen molar-refractivity contribution in [3.63, 3.8) is 0 Å². The molecule has 0 aromatic rings. The van der Waals surface area contributed by atoms with Crippen LogP contribution in [0.1, 0.15) is 0 Å². The third-order valence-corrected chi connectivity index (χ3v) is 1.16. The Morgan fingerprint density at radius 2 is 1.73 bits per heavy atom. The van der Waals surface area contributed by atoms with Gasteiger partial charge in [-0.25, -0.2) is 4.79 Å². The number of aliphatic hydroxyl groups is 4. The van der Waals surface area contributed by atoms with E-state index in [-0.39, 0.29) is 0 Å². The van der Waals surface area contributed by atoms with E-state index in [9.17, 15) is 4.79 Å². The zero-order chi connectivity index (χ0) is 9.02. The molecule has 66 valence electrons. The molecule has 6 heteroatoms. The Morgan fingerprint density at radius 3 is 2.00 bits per heavy atom. The van der Waals surface area contributed by atoms with Crippen molar-refractivity contribution in [1.82, 2.24) is 0 Å². The van der Waals surface area contributed by atoms with Gasteiger partial charge in [-0.3, -0.25) is 0 Å². The second-order valence-electron chi connectivity index (χ2n) is 2.02. The standard InChI is InChI=1S/C5H10O6/c6-1-2(7)3(8)4(9)5(10)11/h2-4,6-9H,1H2,(H,10,11)/t2?,3?,4-/m0/s1. The molecule has 0 rings (SSSR count). The Balaban J connectivity index is 4.00. The van der Waals surface area contributed by atoms with Crippen LogP contribution in [0.5, 0.6) is 0 Å². The molecule has 0 fully saturated rings. The van der Waals surface area contributed by atoms with Gasteiger partial charge in [0.25, 0.3) is 0 Å². The number of carbonyl (C=O) groups is 1. The van der Waals surface area contributed by atoms with Crippen molar-refractivity contribution in [1.29, 1.82) is 0 Å². The van der Waals surface area contributed by atoms with E-state index in [0.29, 0.717) is 0 Å². The lowest BCUT2D eigenvalue weighted by molar-refractivity contribution is -0.159. The highest BCUT2D eigenvalue weighted by atomic mass is 16.4. The summed E-state index contributed by atoms with van der Waals surface area (Å²) in [6, 6.07) is 0. The zero-order valence-corrected chi connectivity index (χ0v) is 5.58. The number of hydrogen-bond acceptors (Lipinski definition) is 5. The molecule has 0 aliphatic carbocycles. The number of aliphatic carboxylic acids is 1. The topological polar surface area (TPSA) is 118 Å². The van der Waals surface area contributed by atoms with Crippen molar-refractivity contribution in [2.24, 2.45) is 0 Å². The van der Waals surface area contributed by atoms with Crippen LogP contribution in [0.4, 0.5) is 0 Å². The number of rotatable bonds is 4. The number of hydrogen-bond donors (Lipinski definition) is 5. The summed E-state index contributed by atoms with van der Waals surface area (Å²) in [5.74, 6) is -1.65. The van der Waals surface area contributed by atoms with Crippen LogP contribution in [-0.4, -0.2) is 56.4 Å². The van der Waals surface area contributed by atoms with Gasteiger partial charge in [-0.15, -0.1) is 0 Å². The highest BCUT2D eigenvalue weighted by Crippen LogP contribution is 1.99. The lowest BCUT2D eigenvalue weighted by atomic mass is 10.1. The molecular weight excluding hydrogens is 156 g/mol. The second-order valence-corrected chi connectivity index (χ2v) is 2.02. The van der Waals surface area contributed by atoms with E-state index in [1.54, 1.807) is 0 Å². The molecule has 11 heavy (non-hydrogen) atoms. The molecule has 0 aromatic carbocycles. The normalized spacial score (nSPS) is 18.9. The molecule has 0 bridgehead atoms. The van der Waals surface area contributed by atoms with Crippen molar-refractivity contribution >= 4 is 5.97 Å². The Morgan fingerprint density at radius 1 is 1.27 bits per heavy atom. The van der Waals surface area contributed by atoms with E-state index in [2.05, 4.69) is 0 Å². The van der Waals surface area contributed by atoms with E-state index < -0.39 is 30.9 Å². The molecule has 2 unspecified atom stereocenters. The summed E-state index contributed by atoms with van der Waals surface area (Å²) >= 11 is 0. The van der Waals surface area contributed by atoms with E-state index >= 15 is 0 Å². The number of carboxylic acid groups (broad SMARTS) is 1. The average molecular weight is 166 g/mol. The summed E-state index contributed by atoms with van der Waals surface area (Å²) < 4.78 is 0. The average Bonchev–Trinajstić information content (AvgIpc) is 2.00. The van der Waals surface area contributed by atoms with Gasteiger partial charge in [0.15, 0.2) is 6.10 Å². The fourth-order valence-corrected chi connectivity index (χ4v) is 0.465. The SMILES string of the molecule is O=C(O)[C@@H](O)C(O)C(O)CO. The Bertz CT molecular complexity index is 135. The third-order valence-electron chi connectivity index (χ3n) is 1.16. The van der Waals surface area contributed by atoms with Gasteiger partial charge in [-0.05, 0) is 0 Å². The van der Waals surface area contributed by atoms with Crippen LogP contribution >= 0.6 is 0 Å². The largest absolute Gasteiger partial charge is 0.479 e. The Hall–Kier alpha value is -0.690. The second kappa shape index (κ2) is 4.24. The molecule has 0 saturated heterocycles. The number of aliphatic hydroxyl groups excluding tert-OH is 4. The lowest BCUT2D eigenvalue weighted by Crippen LogP contribution is -2.43. The highest BCUT2D eigenvalue weighted by Gasteiger charge is 2.29. The maximum atomic E-state index is 9.96. The van der Waals surface area contributed by atoms with Gasteiger partial charge >= 0.3 is 5.97 Å². The van der Waals surface area contributed by atoms with Crippen molar-refractivity contribution < 1.29 is 30.3 Å². The van der Waals surface area contributed by atoms with E-state index in [1.165, 1.54) is 0 Å². The van der Waals surface area contributed by atoms with Gasteiger partial charge < -0.3 is 25.5 Å². The molecule has 3 atom stereocenters. The molecule has 0 aliphatic rings. The lowest BCUT2D eigenvalue weighted by Gasteiger charge is -2.17. The monoisotopic (exact) mass is 166 g/mol. The number of carboxylic acids is 1. The molecule has 6 nitrogen and oxygen atoms in total. The maximum Gasteiger partial charge on any atom is 0.335 e. The Labute approximate surface area is 62.3 Å². The molecule has 0 heterocycles. The minimum Gasteiger partial charge on any atom is -0.479 e. The van der Waals surface area contributed by atoms with Crippen LogP contribution in [0.2, 0.25) is 0 Å². The molecule has 0 radical (unpaired) electrons. The molecule has 0 aromatic heterocycles. The molecule has 0 saturated carbocycles. The predicted molar refractivity (Wildman–Crippen MR) is 32.7 cm³/mol. The first-order valence-electron chi connectivity index (χ1n) is 2.88. The van der Waals surface area contributed by atoms with Gasteiger partial charge in [-0.2, -0.15) is 0 Å². The van der Waals surface area contributed by atoms with E-state index in [1.807, 2.05) is 0 Å². The van der Waals surface area contributed by atoms with Crippen LogP contribution in [0.15, 0.2) is 0 Å². The van der Waals surface area contributed by atoms with Crippen LogP contribution in [-0.2, 0) is 4.79 Å². The molecule has 0 aliphatic heterocycles. The third kappa shape index (κ3) is 2.81. The van der Waals surface area contributed by atoms with Crippen molar-refractivity contribution in [3.8, 4) is 0 Å². The summed E-state index contributed by atoms with van der Waals surface area (Å²) in [7, 11) is 0. The quantitative estimate of drug-likeness (QED) is 0.306. The van der Waals surface area contributed by atoms with Crippen LogP contribution < -0.4 is 0 Å². The van der Waals surface area contributed by atoms with Gasteiger partial charge in [0.2, 0.25) is 0 Å². The summed E-state index contributed by atoms with van der Waals surface area (Å²) in [6.07, 6.45) is -5.57. The zero-order valence-electron chi connectivity index (χ0n) is 5.58. The summed E-state index contributed by atoms with van der Waals surface area (Å²) in [5, 5.41) is 42.2. The molecular formula is C5H10O6. The molecule has 5 N–H and O–H groups in total. The fourth-order valence-electron chi connectivity index (χ4n) is 0.465. The van der Waals surface area contributed by atoms with Gasteiger partial charge in [-0.1, -0.05) is 0 Å². The van der Waals surface area contributed by atoms with Crippen molar-refractivity contribution in [2.75, 3.05) is 6.61 Å². The summed E-state index contributed by atoms with van der Waals surface area (Å²) in [5.41, 5.74) is 0. The van der Waals surface area contributed by atoms with Gasteiger partial charge in [0, 0.05) is 0 Å². The van der Waals surface area contributed by atoms with Crippen LogP contribution in [0.3, 0.4) is 0 Å². The van der Waals surface area contributed by atoms with Gasteiger partial charge in [0.05, 0.1) is 6.61 Å². The van der Waals surface area contributed by atoms with Crippen molar-refractivity contribution in [2.45, 2.75) is 18.3 Å². The first kappa shape index (κ1) is 10.3. The molecule has 0 amide bonds. The minimum absolute atomic E-state index is 0.800. The first-order valence-corrected chi connectivity index (χ1v) is 2.88. The first-order chi connectivity index (χ1) is 5.00. The predicted octanol–water partition coefficient (Wildman–Crippen LogP) is -2.85. The van der Waals surface area contributed by atoms with Gasteiger partial charge in [0.1, 0.15) is 12.2 Å². The smallest absolute Gasteiger partial charge is 0.335 e. The van der Waals surface area contributed by atoms with Crippen molar-refractivity contribution in [3.05, 3.63) is 0 Å². The summed E-state index contributed by atoms with van der Waals surface area (Å²) in [4.78, 5) is 9.96. The van der Waals surface area contributed by atoms with E-state index in [0.717, 1.165) is 0 Å². The summed E-state index contributed by atoms with van der Waals surface area (Å²) in [6.45, 7) is -0.800. The van der Waals surface area contributed by atoms with E-state index in [4.69, 9.17) is 25.5 Å². The minimum atomic E-state index is -2.07. The highest BCUT2D eigenvalue weighted by molar-refractivity contribution is 5.72. The fraction of sp³-hybridized carbons (Fsp3) is 0.800. The maximum absolute atomic E-state index is 9.96. The molecule has 0 spiro atoms. The van der Waals surface area contributed by atoms with Crippen LogP contribution in [0.25, 0.3) is 0 Å². The Kier molecular flexibility index (Phi) is 3.98.